The van der Waals surface area contributed by atoms with Gasteiger partial charge in [-0.15, -0.1) is 0 Å². The largest absolute Gasteiger partial charge is 1.00 e. The Balaban J connectivity index is 0.000000292. The molecule has 0 spiro atoms. The summed E-state index contributed by atoms with van der Waals surface area (Å²) in [6, 6.07) is 128. The molecule has 0 saturated carbocycles. The maximum Gasteiger partial charge on any atom is 1.00 e. The van der Waals surface area contributed by atoms with Crippen molar-refractivity contribution in [3.63, 3.8) is 0 Å². The Morgan fingerprint density at radius 1 is 0.386 bits per heavy atom. The fourth-order valence-electron chi connectivity index (χ4n) is 11.3. The Bertz CT molecular complexity index is 4680. The maximum atomic E-state index is 10.9. The van der Waals surface area contributed by atoms with Crippen LogP contribution in [0.5, 0.6) is 0 Å². The average Bonchev–Trinajstić information content (AvgIpc) is 0.718. The first-order valence-electron chi connectivity index (χ1n) is 36.8. The Hall–Kier alpha value is -8.97. The van der Waals surface area contributed by atoms with Crippen molar-refractivity contribution >= 4 is 167 Å². The number of unbranched alkanes of at least 4 members (excludes halogenated alkanes) is 1. The van der Waals surface area contributed by atoms with E-state index in [9.17, 15) is 9.36 Å². The maximum absolute atomic E-state index is 10.9. The van der Waals surface area contributed by atoms with Crippen LogP contribution in [0.4, 0.5) is 56.9 Å². The van der Waals surface area contributed by atoms with E-state index < -0.39 is 10.5 Å². The molecule has 0 fully saturated rings. The quantitative estimate of drug-likeness (QED) is 0.0275. The minimum absolute atomic E-state index is 0. The summed E-state index contributed by atoms with van der Waals surface area (Å²) in [5.41, 5.74) is 27.1. The van der Waals surface area contributed by atoms with E-state index in [-0.39, 0.29) is 27.7 Å². The van der Waals surface area contributed by atoms with Gasteiger partial charge in [-0.2, -0.15) is 6.42 Å². The van der Waals surface area contributed by atoms with Crippen molar-refractivity contribution in [2.75, 3.05) is 27.1 Å². The van der Waals surface area contributed by atoms with E-state index in [4.69, 9.17) is 5.73 Å². The molecule has 0 unspecified atom stereocenters. The molecular weight excluding hydrogens is 1670 g/mol. The Kier molecular flexibility index (Phi) is 41.1. The minimum atomic E-state index is -3.22. The first kappa shape index (κ1) is 95.6. The molecule has 2 N–H and O–H groups in total. The molecule has 0 radical (unpaired) electrons. The molecule has 6 nitrogen and oxygen atoms in total. The predicted molar refractivity (Wildman–Crippen MR) is 516 cm³/mol. The fraction of sp³-hybridized carbons (Fsp3) is 0.120. The third-order valence-electron chi connectivity index (χ3n) is 17.7. The van der Waals surface area contributed by atoms with E-state index in [0.29, 0.717) is 5.56 Å². The van der Waals surface area contributed by atoms with Crippen molar-refractivity contribution in [2.45, 2.75) is 75.7 Å². The van der Waals surface area contributed by atoms with E-state index in [1.54, 1.807) is 0 Å². The van der Waals surface area contributed by atoms with Gasteiger partial charge in [-0.1, -0.05) is 206 Å². The number of benzene rings is 14. The Morgan fingerprint density at radius 3 is 0.754 bits per heavy atom. The van der Waals surface area contributed by atoms with Gasteiger partial charge in [0.05, 0.1) is 0 Å². The number of aryl methyl sites for hydroxylation is 7. The van der Waals surface area contributed by atoms with Gasteiger partial charge in [0, 0.05) is 67.4 Å². The van der Waals surface area contributed by atoms with E-state index in [1.807, 2.05) is 66.7 Å². The van der Waals surface area contributed by atoms with Crippen LogP contribution in [-0.4, -0.2) is 13.0 Å². The van der Waals surface area contributed by atoms with Gasteiger partial charge in [0.25, 0.3) is 0 Å². The van der Waals surface area contributed by atoms with E-state index >= 15 is 0 Å². The molecule has 0 heterocycles. The number of hydrogen-bond donors (Lipinski definition) is 1. The molecule has 0 amide bonds. The number of anilines is 10. The second-order valence-electron chi connectivity index (χ2n) is 26.8. The standard InChI is InChI=1S/C22H21N.C21H19NO.C20H19N.C19H18BrP.C7H7I.C6H7N.C4H9.CH4.Cl3OP.Li.H2/c1-4-19-9-15-22(16-10-19)23(20-11-5-17(2)6-12-20)21-13-7-18(3)8-14-21;1-16-3-9-19(10-4-16)22(20-11-5-17(2)6-12-20)21-13-7-18(15-23)8-14-21;1-16-8-12-19(13-9-16)21(18-6-4-3-5-7-18)20-14-10-17(2)11-15-20;1-21(20,17-11-5-2-6-12-17,18-13-7-3-8-14-18)19-15-9-4-10-16-19;1-6-2-4-7(8)5-3-6;7-6-4-2-1-3-5-6;1-3-4-2;;1-5(2,3)4;;/h4-16H,1H2,2-3H3;3-15H,1-2H3;3-15H,1-2H3;2-16H,1H3;2-5H,1H3;1-5H,7H2;1,3-4H2,2H3;1H4;;;1H/q;;;;;;-1;;;+1;/i;;;;;;;;;;1+1. The van der Waals surface area contributed by atoms with Crippen molar-refractivity contribution in [3.05, 3.63) is 437 Å². The molecule has 0 aromatic heterocycles. The van der Waals surface area contributed by atoms with Crippen LogP contribution in [0.15, 0.2) is 377 Å². The Labute approximate surface area is 730 Å². The summed E-state index contributed by atoms with van der Waals surface area (Å²) in [7, 11) is 0. The number of hydrogen-bond acceptors (Lipinski definition) is 6. The first-order valence-corrected chi connectivity index (χ1v) is 47.0. The van der Waals surface area contributed by atoms with Gasteiger partial charge in [-0.25, -0.2) is 0 Å². The number of halogens is 5. The zero-order valence-electron chi connectivity index (χ0n) is 66.2. The SMILES string of the molecule is C.C=Cc1ccc(N(c2ccc(C)cc2)c2ccc(C)cc2)cc1.CP(Br)(c1ccccc1)(c1ccccc1)c1ccccc1.Cc1ccc(I)cc1.Cc1ccc(N(c2ccc(C)cc2)c2ccc(C=O)cc2)cc1.Cc1ccc(N(c2ccccc2)c2ccc(C)cc2)cc1.Nc1ccccc1.O=P(Cl)(Cl)Cl.[2HH].[CH2-]CCC.[Li+]. The molecule has 14 heteroatoms. The number of carbonyl (C=O) groups excluding carboxylic acids is 1. The van der Waals surface area contributed by atoms with Crippen molar-refractivity contribution in [1.82, 2.24) is 0 Å². The van der Waals surface area contributed by atoms with Crippen molar-refractivity contribution in [3.8, 4) is 0 Å². The van der Waals surface area contributed by atoms with Gasteiger partial charge in [-0.3, -0.25) is 9.36 Å². The number of para-hydroxylation sites is 2. The number of nitrogen functional groups attached to an aromatic ring is 1. The molecule has 0 aliphatic rings. The van der Waals surface area contributed by atoms with Crippen molar-refractivity contribution in [1.29, 1.82) is 0 Å². The topological polar surface area (TPSA) is 69.9 Å². The molecule has 584 valence electrons. The molecular formula is C100H106BrCl3ILiN4O2P2. The summed E-state index contributed by atoms with van der Waals surface area (Å²) < 4.78 is 10.8. The number of nitrogens with zero attached hydrogens (tertiary/aromatic N) is 3. The molecule has 14 aromatic rings. The molecule has 0 saturated heterocycles. The number of carbonyl (C=O) groups is 1. The molecule has 0 bridgehead atoms. The number of nitrogens with two attached hydrogens (primary N) is 1. The average molecular weight is 1780 g/mol. The van der Waals surface area contributed by atoms with Gasteiger partial charge < -0.3 is 27.4 Å². The molecule has 0 aliphatic heterocycles. The van der Waals surface area contributed by atoms with Crippen LogP contribution in [-0.2, 0) is 4.57 Å². The fourth-order valence-corrected chi connectivity index (χ4v) is 17.3. The van der Waals surface area contributed by atoms with Crippen LogP contribution in [0.3, 0.4) is 0 Å². The Morgan fingerprint density at radius 2 is 0.570 bits per heavy atom. The van der Waals surface area contributed by atoms with Crippen LogP contribution >= 0.6 is 82.3 Å². The first-order chi connectivity index (χ1) is 53.8. The summed E-state index contributed by atoms with van der Waals surface area (Å²) >= 11 is 20.4. The van der Waals surface area contributed by atoms with Gasteiger partial charge >= 0.3 is 158 Å². The smallest absolute Gasteiger partial charge is 0.399 e. The summed E-state index contributed by atoms with van der Waals surface area (Å²) in [6.07, 6.45) is 5.01. The van der Waals surface area contributed by atoms with Gasteiger partial charge in [0.15, 0.2) is 0 Å². The van der Waals surface area contributed by atoms with Crippen LogP contribution in [0.2, 0.25) is 0 Å². The monoisotopic (exact) mass is 1780 g/mol. The van der Waals surface area contributed by atoms with E-state index in [2.05, 4.69) is 471 Å². The number of rotatable bonds is 15. The van der Waals surface area contributed by atoms with Crippen LogP contribution in [0.1, 0.15) is 83.5 Å². The van der Waals surface area contributed by atoms with Crippen LogP contribution in [0.25, 0.3) is 6.08 Å². The molecule has 0 aliphatic carbocycles. The normalized spacial score (nSPS) is 10.5. The molecule has 14 rings (SSSR count). The second-order valence-corrected chi connectivity index (χ2v) is 44.4. The van der Waals surface area contributed by atoms with Crippen LogP contribution < -0.4 is 55.2 Å². The van der Waals surface area contributed by atoms with E-state index in [1.165, 1.54) is 81.9 Å². The summed E-state index contributed by atoms with van der Waals surface area (Å²) in [5, 5.41) is -1.74. The van der Waals surface area contributed by atoms with Gasteiger partial charge in [0.2, 0.25) is 0 Å². The van der Waals surface area contributed by atoms with Crippen molar-refractivity contribution in [2.24, 2.45) is 0 Å². The summed E-state index contributed by atoms with van der Waals surface area (Å²) in [4.78, 5) is 17.6. The van der Waals surface area contributed by atoms with E-state index in [0.717, 1.165) is 58.1 Å². The number of aldehydes is 1. The minimum Gasteiger partial charge on any atom is -0.399 e. The van der Waals surface area contributed by atoms with Gasteiger partial charge in [0.1, 0.15) is 6.29 Å². The molecule has 0 atom stereocenters. The molecule has 114 heavy (non-hydrogen) atoms. The van der Waals surface area contributed by atoms with Crippen LogP contribution in [0, 0.1) is 59.0 Å². The van der Waals surface area contributed by atoms with Gasteiger partial charge in [-0.05, 0) is 256 Å². The van der Waals surface area contributed by atoms with Crippen molar-refractivity contribution < 1.29 is 29.6 Å². The zero-order valence-corrected chi connectivity index (χ0v) is 74.0. The predicted octanol–water partition coefficient (Wildman–Crippen LogP) is 28.4. The third kappa shape index (κ3) is 31.0. The zero-order chi connectivity index (χ0) is 80.9. The third-order valence-corrected chi connectivity index (χ3v) is 26.7. The second kappa shape index (κ2) is 49.1. The molecule has 14 aromatic carbocycles. The summed E-state index contributed by atoms with van der Waals surface area (Å²) in [6.45, 7) is 26.6. The summed E-state index contributed by atoms with van der Waals surface area (Å²) in [5.74, 6) is 0.